The quantitative estimate of drug-likeness (QED) is 0.876. The number of aromatic nitrogens is 2. The van der Waals surface area contributed by atoms with E-state index in [9.17, 15) is 9.59 Å². The number of Topliss-reactive ketones (excluding diaryl/α,β-unsaturated/α-hetero) is 2. The molecule has 1 aliphatic carbocycles. The van der Waals surface area contributed by atoms with Crippen LogP contribution in [0.1, 0.15) is 39.4 Å². The Morgan fingerprint density at radius 2 is 1.61 bits per heavy atom. The highest BCUT2D eigenvalue weighted by Crippen LogP contribution is 2.27. The highest BCUT2D eigenvalue weighted by Gasteiger charge is 2.27. The van der Waals surface area contributed by atoms with E-state index in [0.29, 0.717) is 28.7 Å². The Morgan fingerprint density at radius 1 is 0.913 bits per heavy atom. The summed E-state index contributed by atoms with van der Waals surface area (Å²) in [7, 11) is 0. The molecule has 1 N–H and O–H groups in total. The van der Waals surface area contributed by atoms with Gasteiger partial charge in [-0.25, -0.2) is 4.98 Å². The smallest absolute Gasteiger partial charge is 0.185 e. The Labute approximate surface area is 135 Å². The third-order valence-electron chi connectivity index (χ3n) is 4.59. The molecule has 1 aliphatic rings. The molecule has 0 unspecified atom stereocenters. The van der Waals surface area contributed by atoms with E-state index in [-0.39, 0.29) is 11.6 Å². The Bertz CT molecular complexity index is 835. The second kappa shape index (κ2) is 5.95. The number of hydrogen-bond acceptors (Lipinski definition) is 3. The molecular weight excluding hydrogens is 288 g/mol. The lowest BCUT2D eigenvalue weighted by molar-refractivity contribution is -0.116. The summed E-state index contributed by atoms with van der Waals surface area (Å²) >= 11 is 0. The minimum Gasteiger partial charge on any atom is -0.342 e. The van der Waals surface area contributed by atoms with Gasteiger partial charge in [-0.1, -0.05) is 12.1 Å². The van der Waals surface area contributed by atoms with E-state index in [4.69, 9.17) is 0 Å². The summed E-state index contributed by atoms with van der Waals surface area (Å²) in [6.07, 6.45) is 2.16. The first-order chi connectivity index (χ1) is 11.0. The molecule has 2 aromatic rings. The third-order valence-corrected chi connectivity index (χ3v) is 4.59. The number of nitrogens with zero attached hydrogens (tertiary/aromatic N) is 1. The van der Waals surface area contributed by atoms with Crippen LogP contribution in [-0.4, -0.2) is 21.5 Å². The molecule has 4 nitrogen and oxygen atoms in total. The van der Waals surface area contributed by atoms with Gasteiger partial charge in [-0.05, 0) is 45.7 Å². The SMILES string of the molecule is CC1=C(C)C(=O)C(CCCc2nc3ccccc3[nH]2)=C(C)C1=O. The van der Waals surface area contributed by atoms with Gasteiger partial charge in [0.25, 0.3) is 0 Å². The minimum absolute atomic E-state index is 0.000775. The zero-order valence-corrected chi connectivity index (χ0v) is 13.7. The molecular formula is C19H20N2O2. The van der Waals surface area contributed by atoms with Crippen LogP contribution in [0.2, 0.25) is 0 Å². The number of carbonyl (C=O) groups is 2. The third kappa shape index (κ3) is 2.77. The molecule has 0 saturated carbocycles. The van der Waals surface area contributed by atoms with Crippen molar-refractivity contribution in [3.63, 3.8) is 0 Å². The molecule has 0 amide bonds. The number of imidazole rings is 1. The van der Waals surface area contributed by atoms with Gasteiger partial charge in [-0.3, -0.25) is 9.59 Å². The van der Waals surface area contributed by atoms with Crippen LogP contribution in [0, 0.1) is 0 Å². The van der Waals surface area contributed by atoms with Crippen molar-refractivity contribution in [2.45, 2.75) is 40.0 Å². The molecule has 0 atom stereocenters. The van der Waals surface area contributed by atoms with Crippen LogP contribution in [0.3, 0.4) is 0 Å². The Morgan fingerprint density at radius 3 is 2.35 bits per heavy atom. The van der Waals surface area contributed by atoms with E-state index in [1.54, 1.807) is 20.8 Å². The molecule has 0 fully saturated rings. The molecule has 3 rings (SSSR count). The first-order valence-corrected chi connectivity index (χ1v) is 7.89. The predicted octanol–water partition coefficient (Wildman–Crippen LogP) is 3.69. The van der Waals surface area contributed by atoms with Crippen molar-refractivity contribution in [3.05, 3.63) is 52.4 Å². The first kappa shape index (κ1) is 15.4. The summed E-state index contributed by atoms with van der Waals surface area (Å²) in [5, 5.41) is 0. The van der Waals surface area contributed by atoms with Gasteiger partial charge < -0.3 is 4.98 Å². The lowest BCUT2D eigenvalue weighted by atomic mass is 9.84. The monoisotopic (exact) mass is 308 g/mol. The van der Waals surface area contributed by atoms with Gasteiger partial charge in [0, 0.05) is 28.7 Å². The molecule has 0 spiro atoms. The van der Waals surface area contributed by atoms with Crippen LogP contribution in [0.15, 0.2) is 46.6 Å². The molecule has 0 bridgehead atoms. The van der Waals surface area contributed by atoms with Crippen molar-refractivity contribution in [2.75, 3.05) is 0 Å². The van der Waals surface area contributed by atoms with Crippen molar-refractivity contribution in [1.82, 2.24) is 9.97 Å². The Hall–Kier alpha value is -2.49. The van der Waals surface area contributed by atoms with E-state index in [1.807, 2.05) is 24.3 Å². The number of ketones is 2. The van der Waals surface area contributed by atoms with Crippen LogP contribution < -0.4 is 0 Å². The summed E-state index contributed by atoms with van der Waals surface area (Å²) in [5.74, 6) is 0.938. The van der Waals surface area contributed by atoms with Gasteiger partial charge in [0.1, 0.15) is 5.82 Å². The number of rotatable bonds is 4. The maximum atomic E-state index is 12.4. The zero-order valence-electron chi connectivity index (χ0n) is 13.7. The first-order valence-electron chi connectivity index (χ1n) is 7.89. The topological polar surface area (TPSA) is 62.8 Å². The standard InChI is InChI=1S/C19H20N2O2/c1-11-12(2)19(23)14(13(3)18(11)22)7-6-10-17-20-15-8-4-5-9-16(15)21-17/h4-5,8-9H,6-7,10H2,1-3H3,(H,20,21). The molecule has 0 aliphatic heterocycles. The number of hydrogen-bond donors (Lipinski definition) is 1. The average molecular weight is 308 g/mol. The number of para-hydroxylation sites is 2. The second-order valence-corrected chi connectivity index (χ2v) is 6.07. The van der Waals surface area contributed by atoms with E-state index in [0.717, 1.165) is 29.7 Å². The molecule has 0 radical (unpaired) electrons. The van der Waals surface area contributed by atoms with Gasteiger partial charge in [0.2, 0.25) is 0 Å². The largest absolute Gasteiger partial charge is 0.342 e. The lowest BCUT2D eigenvalue weighted by Crippen LogP contribution is -2.20. The number of fused-ring (bicyclic) bond motifs is 1. The number of H-pyrrole nitrogens is 1. The zero-order chi connectivity index (χ0) is 16.6. The highest BCUT2D eigenvalue weighted by molar-refractivity contribution is 6.24. The number of allylic oxidation sites excluding steroid dienone is 4. The normalized spacial score (nSPS) is 16.0. The van der Waals surface area contributed by atoms with E-state index in [1.165, 1.54) is 0 Å². The average Bonchev–Trinajstić information content (AvgIpc) is 2.97. The maximum Gasteiger partial charge on any atom is 0.185 e. The fourth-order valence-corrected chi connectivity index (χ4v) is 3.01. The van der Waals surface area contributed by atoms with Gasteiger partial charge in [0.15, 0.2) is 11.6 Å². The van der Waals surface area contributed by atoms with Crippen LogP contribution >= 0.6 is 0 Å². The molecule has 1 heterocycles. The van der Waals surface area contributed by atoms with Gasteiger partial charge in [-0.15, -0.1) is 0 Å². The van der Waals surface area contributed by atoms with Crippen molar-refractivity contribution in [1.29, 1.82) is 0 Å². The summed E-state index contributed by atoms with van der Waals surface area (Å²) in [4.78, 5) is 32.4. The molecule has 1 aromatic carbocycles. The number of benzene rings is 1. The molecule has 118 valence electrons. The maximum absolute atomic E-state index is 12.4. The molecule has 1 aromatic heterocycles. The lowest BCUT2D eigenvalue weighted by Gasteiger charge is -2.18. The number of carbonyl (C=O) groups excluding carboxylic acids is 2. The van der Waals surface area contributed by atoms with Crippen LogP contribution in [-0.2, 0) is 16.0 Å². The molecule has 23 heavy (non-hydrogen) atoms. The fourth-order valence-electron chi connectivity index (χ4n) is 3.01. The van der Waals surface area contributed by atoms with Gasteiger partial charge in [-0.2, -0.15) is 0 Å². The predicted molar refractivity (Wildman–Crippen MR) is 90.1 cm³/mol. The van der Waals surface area contributed by atoms with E-state index < -0.39 is 0 Å². The number of aromatic amines is 1. The Balaban J connectivity index is 1.71. The van der Waals surface area contributed by atoms with E-state index in [2.05, 4.69) is 9.97 Å². The second-order valence-electron chi connectivity index (χ2n) is 6.07. The highest BCUT2D eigenvalue weighted by atomic mass is 16.1. The van der Waals surface area contributed by atoms with Gasteiger partial charge in [0.05, 0.1) is 11.0 Å². The van der Waals surface area contributed by atoms with Crippen molar-refractivity contribution in [3.8, 4) is 0 Å². The summed E-state index contributed by atoms with van der Waals surface area (Å²) < 4.78 is 0. The molecule has 0 saturated heterocycles. The number of aryl methyl sites for hydroxylation is 1. The van der Waals surface area contributed by atoms with Gasteiger partial charge >= 0.3 is 0 Å². The van der Waals surface area contributed by atoms with Crippen LogP contribution in [0.25, 0.3) is 11.0 Å². The Kier molecular flexibility index (Phi) is 3.99. The number of nitrogens with one attached hydrogen (secondary N) is 1. The fraction of sp³-hybridized carbons (Fsp3) is 0.316. The van der Waals surface area contributed by atoms with Crippen molar-refractivity contribution in [2.24, 2.45) is 0 Å². The summed E-state index contributed by atoms with van der Waals surface area (Å²) in [6, 6.07) is 7.91. The van der Waals surface area contributed by atoms with Crippen LogP contribution in [0.4, 0.5) is 0 Å². The van der Waals surface area contributed by atoms with Crippen LogP contribution in [0.5, 0.6) is 0 Å². The van der Waals surface area contributed by atoms with Crippen molar-refractivity contribution < 1.29 is 9.59 Å². The minimum atomic E-state index is 0.000775. The van der Waals surface area contributed by atoms with Crippen molar-refractivity contribution >= 4 is 22.6 Å². The summed E-state index contributed by atoms with van der Waals surface area (Å²) in [5.41, 5.74) is 4.40. The summed E-state index contributed by atoms with van der Waals surface area (Å²) in [6.45, 7) is 5.22. The van der Waals surface area contributed by atoms with E-state index >= 15 is 0 Å². The molecule has 4 heteroatoms.